The van der Waals surface area contributed by atoms with Gasteiger partial charge in [0, 0.05) is 6.20 Å². The van der Waals surface area contributed by atoms with Crippen LogP contribution in [0.15, 0.2) is 48.9 Å². The molecule has 0 amide bonds. The van der Waals surface area contributed by atoms with Crippen LogP contribution >= 0.6 is 0 Å². The largest absolute Gasteiger partial charge is 0.295 e. The summed E-state index contributed by atoms with van der Waals surface area (Å²) in [5.74, 6) is -0.121. The van der Waals surface area contributed by atoms with Gasteiger partial charge in [-0.2, -0.15) is 0 Å². The fraction of sp³-hybridized carbons (Fsp3) is 0.118. The van der Waals surface area contributed by atoms with E-state index in [-0.39, 0.29) is 5.91 Å². The van der Waals surface area contributed by atoms with Crippen LogP contribution in [0.4, 0.5) is 0 Å². The number of aromatic nitrogens is 4. The summed E-state index contributed by atoms with van der Waals surface area (Å²) in [4.78, 5) is 21.8. The molecule has 5 heteroatoms. The molecule has 0 aliphatic rings. The van der Waals surface area contributed by atoms with E-state index >= 15 is 0 Å². The number of benzene rings is 1. The molecule has 3 heterocycles. The van der Waals surface area contributed by atoms with E-state index < -0.39 is 0 Å². The van der Waals surface area contributed by atoms with E-state index in [1.165, 1.54) is 0 Å². The van der Waals surface area contributed by atoms with Crippen LogP contribution < -0.4 is 0 Å². The number of carbonyl (C=O) groups is 1. The summed E-state index contributed by atoms with van der Waals surface area (Å²) in [5, 5.41) is 0. The summed E-state index contributed by atoms with van der Waals surface area (Å²) in [6.07, 6.45) is 3.44. The highest BCUT2D eigenvalue weighted by atomic mass is 16.2. The second-order valence-corrected chi connectivity index (χ2v) is 5.34. The van der Waals surface area contributed by atoms with Gasteiger partial charge >= 0.3 is 0 Å². The van der Waals surface area contributed by atoms with Gasteiger partial charge in [0.15, 0.2) is 0 Å². The number of rotatable bonds is 1. The third kappa shape index (κ3) is 1.69. The average Bonchev–Trinajstić information content (AvgIpc) is 3.08. The predicted octanol–water partition coefficient (Wildman–Crippen LogP) is 2.99. The van der Waals surface area contributed by atoms with E-state index in [0.29, 0.717) is 5.69 Å². The molecule has 22 heavy (non-hydrogen) atoms. The van der Waals surface area contributed by atoms with Gasteiger partial charge in [0.25, 0.3) is 5.91 Å². The lowest BCUT2D eigenvalue weighted by Crippen LogP contribution is -2.14. The number of hydrogen-bond donors (Lipinski definition) is 0. The lowest BCUT2D eigenvalue weighted by molar-refractivity contribution is 0.0958. The maximum atomic E-state index is 13.0. The van der Waals surface area contributed by atoms with Gasteiger partial charge in [-0.1, -0.05) is 18.2 Å². The van der Waals surface area contributed by atoms with E-state index in [4.69, 9.17) is 0 Å². The summed E-state index contributed by atoms with van der Waals surface area (Å²) in [5.41, 5.74) is 4.75. The third-order valence-electron chi connectivity index (χ3n) is 3.89. The van der Waals surface area contributed by atoms with Crippen molar-refractivity contribution in [3.05, 3.63) is 65.9 Å². The lowest BCUT2D eigenvalue weighted by Gasteiger charge is -2.05. The molecule has 0 saturated carbocycles. The van der Waals surface area contributed by atoms with Crippen molar-refractivity contribution in [2.24, 2.45) is 0 Å². The summed E-state index contributed by atoms with van der Waals surface area (Å²) >= 11 is 0. The minimum absolute atomic E-state index is 0.121. The van der Waals surface area contributed by atoms with Crippen molar-refractivity contribution in [2.75, 3.05) is 0 Å². The molecule has 0 spiro atoms. The van der Waals surface area contributed by atoms with Crippen LogP contribution in [0.5, 0.6) is 0 Å². The van der Waals surface area contributed by atoms with Crippen molar-refractivity contribution >= 4 is 22.6 Å². The molecule has 0 aliphatic carbocycles. The van der Waals surface area contributed by atoms with Crippen LogP contribution in [-0.2, 0) is 0 Å². The molecule has 0 fully saturated rings. The number of nitrogens with zero attached hydrogens (tertiary/aromatic N) is 4. The van der Waals surface area contributed by atoms with Crippen molar-refractivity contribution in [3.63, 3.8) is 0 Å². The highest BCUT2D eigenvalue weighted by Crippen LogP contribution is 2.19. The zero-order chi connectivity index (χ0) is 15.3. The van der Waals surface area contributed by atoms with Gasteiger partial charge in [0.1, 0.15) is 17.7 Å². The minimum atomic E-state index is -0.121. The standard InChI is InChI=1S/C17H14N4O/c1-11-6-5-9-20-15(12(2)19-16(11)20)17(22)21-10-18-13-7-3-4-8-14(13)21/h3-10H,1-2H3. The molecule has 108 valence electrons. The van der Waals surface area contributed by atoms with Crippen LogP contribution in [0.1, 0.15) is 21.7 Å². The Balaban J connectivity index is 1.97. The molecule has 5 nitrogen and oxygen atoms in total. The summed E-state index contributed by atoms with van der Waals surface area (Å²) in [6.45, 7) is 3.85. The Hall–Kier alpha value is -2.95. The van der Waals surface area contributed by atoms with Crippen LogP contribution in [0.3, 0.4) is 0 Å². The number of carbonyl (C=O) groups excluding carboxylic acids is 1. The fourth-order valence-electron chi connectivity index (χ4n) is 2.81. The Morgan fingerprint density at radius 3 is 2.77 bits per heavy atom. The van der Waals surface area contributed by atoms with Crippen molar-refractivity contribution < 1.29 is 4.79 Å². The SMILES string of the molecule is Cc1nc2c(C)cccn2c1C(=O)n1cnc2ccccc21. The highest BCUT2D eigenvalue weighted by molar-refractivity contribution is 6.01. The Morgan fingerprint density at radius 1 is 1.09 bits per heavy atom. The van der Waals surface area contributed by atoms with E-state index in [2.05, 4.69) is 9.97 Å². The van der Waals surface area contributed by atoms with E-state index in [0.717, 1.165) is 27.9 Å². The first-order chi connectivity index (χ1) is 10.7. The van der Waals surface area contributed by atoms with Gasteiger partial charge in [-0.3, -0.25) is 13.8 Å². The number of para-hydroxylation sites is 2. The van der Waals surface area contributed by atoms with Gasteiger partial charge in [-0.05, 0) is 37.6 Å². The van der Waals surface area contributed by atoms with Crippen LogP contribution in [0, 0.1) is 13.8 Å². The van der Waals surface area contributed by atoms with Gasteiger partial charge in [-0.25, -0.2) is 9.97 Å². The highest BCUT2D eigenvalue weighted by Gasteiger charge is 2.20. The van der Waals surface area contributed by atoms with E-state index in [1.807, 2.05) is 60.8 Å². The topological polar surface area (TPSA) is 52.2 Å². The lowest BCUT2D eigenvalue weighted by atomic mass is 10.3. The van der Waals surface area contributed by atoms with Crippen LogP contribution in [0.25, 0.3) is 16.7 Å². The molecule has 3 aromatic heterocycles. The Labute approximate surface area is 126 Å². The molecule has 0 atom stereocenters. The first-order valence-corrected chi connectivity index (χ1v) is 7.08. The van der Waals surface area contributed by atoms with E-state index in [1.54, 1.807) is 10.9 Å². The Morgan fingerprint density at radius 2 is 1.91 bits per heavy atom. The predicted molar refractivity (Wildman–Crippen MR) is 84.1 cm³/mol. The third-order valence-corrected chi connectivity index (χ3v) is 3.89. The molecule has 0 bridgehead atoms. The van der Waals surface area contributed by atoms with E-state index in [9.17, 15) is 4.79 Å². The average molecular weight is 290 g/mol. The van der Waals surface area contributed by atoms with Crippen LogP contribution in [-0.4, -0.2) is 24.8 Å². The number of hydrogen-bond acceptors (Lipinski definition) is 3. The Bertz CT molecular complexity index is 1030. The first-order valence-electron chi connectivity index (χ1n) is 7.08. The number of pyridine rings is 1. The monoisotopic (exact) mass is 290 g/mol. The zero-order valence-corrected chi connectivity index (χ0v) is 12.3. The smallest absolute Gasteiger partial charge is 0.282 e. The molecule has 0 unspecified atom stereocenters. The van der Waals surface area contributed by atoms with Crippen molar-refractivity contribution in [3.8, 4) is 0 Å². The van der Waals surface area contributed by atoms with Crippen molar-refractivity contribution in [2.45, 2.75) is 13.8 Å². The van der Waals surface area contributed by atoms with Gasteiger partial charge in [0.2, 0.25) is 0 Å². The molecular weight excluding hydrogens is 276 g/mol. The van der Waals surface area contributed by atoms with Gasteiger partial charge < -0.3 is 0 Å². The summed E-state index contributed by atoms with van der Waals surface area (Å²) in [7, 11) is 0. The maximum Gasteiger partial charge on any atom is 0.282 e. The molecule has 0 N–H and O–H groups in total. The number of fused-ring (bicyclic) bond motifs is 2. The normalized spacial score (nSPS) is 11.4. The summed E-state index contributed by atoms with van der Waals surface area (Å²) < 4.78 is 3.43. The number of aryl methyl sites for hydroxylation is 2. The molecular formula is C17H14N4O. The first kappa shape index (κ1) is 12.8. The quantitative estimate of drug-likeness (QED) is 0.541. The second kappa shape index (κ2) is 4.53. The fourth-order valence-corrected chi connectivity index (χ4v) is 2.81. The number of imidazole rings is 2. The van der Waals surface area contributed by atoms with Gasteiger partial charge in [0.05, 0.1) is 16.7 Å². The van der Waals surface area contributed by atoms with Gasteiger partial charge in [-0.15, -0.1) is 0 Å². The Kier molecular flexibility index (Phi) is 2.63. The van der Waals surface area contributed by atoms with Crippen molar-refractivity contribution in [1.29, 1.82) is 0 Å². The second-order valence-electron chi connectivity index (χ2n) is 5.34. The molecule has 4 rings (SSSR count). The molecule has 0 radical (unpaired) electrons. The van der Waals surface area contributed by atoms with Crippen LogP contribution in [0.2, 0.25) is 0 Å². The minimum Gasteiger partial charge on any atom is -0.295 e. The molecule has 0 aliphatic heterocycles. The maximum absolute atomic E-state index is 13.0. The molecule has 0 saturated heterocycles. The van der Waals surface area contributed by atoms with Crippen molar-refractivity contribution in [1.82, 2.24) is 18.9 Å². The molecule has 4 aromatic rings. The molecule has 1 aromatic carbocycles. The summed E-state index contributed by atoms with van der Waals surface area (Å²) in [6, 6.07) is 11.5. The zero-order valence-electron chi connectivity index (χ0n) is 12.3.